The average Bonchev–Trinajstić information content (AvgIpc) is 3.19. The molecule has 2 aliphatic rings. The Labute approximate surface area is 161 Å². The first-order chi connectivity index (χ1) is 12.8. The monoisotopic (exact) mass is 379 g/mol. The zero-order valence-corrected chi connectivity index (χ0v) is 16.6. The maximum Gasteiger partial charge on any atom is 0.188 e. The number of ether oxygens (including phenoxy) is 1. The third-order valence-electron chi connectivity index (χ3n) is 5.25. The van der Waals surface area contributed by atoms with E-state index in [1.165, 1.54) is 30.8 Å². The summed E-state index contributed by atoms with van der Waals surface area (Å²) in [6.07, 6.45) is 3.54. The Kier molecular flexibility index (Phi) is 8.20. The van der Waals surface area contributed by atoms with Gasteiger partial charge in [-0.25, -0.2) is 0 Å². The lowest BCUT2D eigenvalue weighted by Crippen LogP contribution is -2.39. The van der Waals surface area contributed by atoms with Crippen LogP contribution < -0.4 is 11.1 Å². The summed E-state index contributed by atoms with van der Waals surface area (Å²) in [7, 11) is 0. The van der Waals surface area contributed by atoms with Crippen LogP contribution >= 0.6 is 11.3 Å². The largest absolute Gasteiger partial charge is 0.379 e. The Hall–Kier alpha value is -1.15. The number of aliphatic imine (C=N–C) groups is 1. The van der Waals surface area contributed by atoms with Crippen molar-refractivity contribution < 1.29 is 4.74 Å². The number of guanidine groups is 1. The first-order valence-electron chi connectivity index (χ1n) is 9.88. The van der Waals surface area contributed by atoms with Gasteiger partial charge in [0.2, 0.25) is 0 Å². The number of likely N-dealkylation sites (tertiary alicyclic amines) is 1. The zero-order valence-electron chi connectivity index (χ0n) is 15.7. The molecular formula is C19H33N5OS. The van der Waals surface area contributed by atoms with Crippen LogP contribution in [0.3, 0.4) is 0 Å². The van der Waals surface area contributed by atoms with Gasteiger partial charge in [-0.05, 0) is 56.3 Å². The van der Waals surface area contributed by atoms with Crippen molar-refractivity contribution in [3.8, 4) is 0 Å². The van der Waals surface area contributed by atoms with Crippen molar-refractivity contribution in [1.82, 2.24) is 15.1 Å². The smallest absolute Gasteiger partial charge is 0.188 e. The Morgan fingerprint density at radius 2 is 2.04 bits per heavy atom. The molecular weight excluding hydrogens is 346 g/mol. The van der Waals surface area contributed by atoms with Gasteiger partial charge >= 0.3 is 0 Å². The van der Waals surface area contributed by atoms with Crippen molar-refractivity contribution in [2.24, 2.45) is 16.6 Å². The van der Waals surface area contributed by atoms with E-state index in [2.05, 4.69) is 37.6 Å². The highest BCUT2D eigenvalue weighted by molar-refractivity contribution is 7.09. The van der Waals surface area contributed by atoms with Crippen LogP contribution in [0.4, 0.5) is 0 Å². The first kappa shape index (κ1) is 19.6. The van der Waals surface area contributed by atoms with Gasteiger partial charge in [-0.15, -0.1) is 11.3 Å². The summed E-state index contributed by atoms with van der Waals surface area (Å²) in [6.45, 7) is 10.1. The highest BCUT2D eigenvalue weighted by atomic mass is 32.1. The predicted octanol–water partition coefficient (Wildman–Crippen LogP) is 1.59. The molecule has 2 fully saturated rings. The van der Waals surface area contributed by atoms with E-state index in [0.29, 0.717) is 11.9 Å². The van der Waals surface area contributed by atoms with E-state index in [-0.39, 0.29) is 0 Å². The third kappa shape index (κ3) is 6.87. The normalized spacial score (nSPS) is 21.2. The van der Waals surface area contributed by atoms with Gasteiger partial charge < -0.3 is 15.8 Å². The molecule has 3 N–H and O–H groups in total. The van der Waals surface area contributed by atoms with E-state index >= 15 is 0 Å². The summed E-state index contributed by atoms with van der Waals surface area (Å²) in [6, 6.07) is 4.37. The first-order valence-corrected chi connectivity index (χ1v) is 10.8. The number of nitrogens with one attached hydrogen (secondary N) is 1. The number of morpholine rings is 1. The Bertz CT molecular complexity index is 522. The molecule has 7 heteroatoms. The number of thiophene rings is 1. The molecule has 0 spiro atoms. The van der Waals surface area contributed by atoms with E-state index in [4.69, 9.17) is 10.5 Å². The zero-order chi connectivity index (χ0) is 18.0. The maximum atomic E-state index is 6.02. The lowest BCUT2D eigenvalue weighted by atomic mass is 9.97. The van der Waals surface area contributed by atoms with E-state index in [1.54, 1.807) is 0 Å². The highest BCUT2D eigenvalue weighted by Gasteiger charge is 2.19. The number of rotatable bonds is 8. The number of hydrogen-bond acceptors (Lipinski definition) is 5. The molecule has 6 nitrogen and oxygen atoms in total. The molecule has 146 valence electrons. The van der Waals surface area contributed by atoms with Crippen molar-refractivity contribution in [2.75, 3.05) is 59.0 Å². The van der Waals surface area contributed by atoms with E-state index in [1.807, 2.05) is 11.3 Å². The molecule has 0 saturated carbocycles. The van der Waals surface area contributed by atoms with Crippen LogP contribution in [-0.4, -0.2) is 74.8 Å². The lowest BCUT2D eigenvalue weighted by Gasteiger charge is -2.30. The number of piperidine rings is 1. The van der Waals surface area contributed by atoms with Crippen molar-refractivity contribution in [3.63, 3.8) is 0 Å². The summed E-state index contributed by atoms with van der Waals surface area (Å²) in [5.41, 5.74) is 6.02. The average molecular weight is 380 g/mol. The molecule has 1 aromatic rings. The highest BCUT2D eigenvalue weighted by Crippen LogP contribution is 2.20. The molecule has 2 saturated heterocycles. The van der Waals surface area contributed by atoms with E-state index in [0.717, 1.165) is 58.9 Å². The number of nitrogens with two attached hydrogens (primary N) is 1. The lowest BCUT2D eigenvalue weighted by molar-refractivity contribution is 0.0376. The van der Waals surface area contributed by atoms with Gasteiger partial charge in [0, 0.05) is 37.6 Å². The van der Waals surface area contributed by atoms with Gasteiger partial charge in [0.25, 0.3) is 0 Å². The summed E-state index contributed by atoms with van der Waals surface area (Å²) < 4.78 is 5.37. The molecule has 0 bridgehead atoms. The summed E-state index contributed by atoms with van der Waals surface area (Å²) >= 11 is 1.85. The molecule has 0 unspecified atom stereocenters. The quantitative estimate of drug-likeness (QED) is 0.408. The molecule has 26 heavy (non-hydrogen) atoms. The van der Waals surface area contributed by atoms with Gasteiger partial charge in [-0.2, -0.15) is 0 Å². The van der Waals surface area contributed by atoms with Gasteiger partial charge in [0.05, 0.1) is 13.2 Å². The van der Waals surface area contributed by atoms with Crippen LogP contribution in [-0.2, 0) is 11.3 Å². The maximum absolute atomic E-state index is 6.02. The molecule has 3 rings (SSSR count). The fourth-order valence-electron chi connectivity index (χ4n) is 3.58. The van der Waals surface area contributed by atoms with Crippen molar-refractivity contribution in [3.05, 3.63) is 22.4 Å². The Morgan fingerprint density at radius 1 is 1.23 bits per heavy atom. The van der Waals surface area contributed by atoms with E-state index < -0.39 is 0 Å². The second-order valence-electron chi connectivity index (χ2n) is 7.26. The SMILES string of the molecule is NC(=NCC1CCN(Cc2cccs2)CC1)NCCCN1CCOCC1. The fourth-order valence-corrected chi connectivity index (χ4v) is 4.32. The molecule has 0 amide bonds. The Morgan fingerprint density at radius 3 is 2.77 bits per heavy atom. The van der Waals surface area contributed by atoms with Crippen LogP contribution in [0.15, 0.2) is 22.5 Å². The predicted molar refractivity (Wildman–Crippen MR) is 109 cm³/mol. The van der Waals surface area contributed by atoms with Crippen LogP contribution in [0.25, 0.3) is 0 Å². The Balaban J connectivity index is 1.25. The van der Waals surface area contributed by atoms with Gasteiger partial charge in [0.1, 0.15) is 0 Å². The second-order valence-corrected chi connectivity index (χ2v) is 8.29. The minimum atomic E-state index is 0.605. The third-order valence-corrected chi connectivity index (χ3v) is 6.11. The second kappa shape index (κ2) is 10.9. The van der Waals surface area contributed by atoms with Crippen molar-refractivity contribution >= 4 is 17.3 Å². The molecule has 0 radical (unpaired) electrons. The van der Waals surface area contributed by atoms with Crippen LogP contribution in [0.1, 0.15) is 24.1 Å². The molecule has 0 atom stereocenters. The standard InChI is InChI=1S/C19H33N5OS/c20-19(21-6-2-7-23-10-12-25-13-11-23)22-15-17-4-8-24(9-5-17)16-18-3-1-14-26-18/h1,3,14,17H,2,4-13,15-16H2,(H3,20,21,22). The minimum absolute atomic E-state index is 0.605. The van der Waals surface area contributed by atoms with Gasteiger partial charge in [-0.3, -0.25) is 14.8 Å². The number of nitrogens with zero attached hydrogens (tertiary/aromatic N) is 3. The van der Waals surface area contributed by atoms with Crippen LogP contribution in [0, 0.1) is 5.92 Å². The molecule has 2 aliphatic heterocycles. The topological polar surface area (TPSA) is 66.1 Å². The fraction of sp³-hybridized carbons (Fsp3) is 0.737. The minimum Gasteiger partial charge on any atom is -0.379 e. The van der Waals surface area contributed by atoms with Crippen molar-refractivity contribution in [1.29, 1.82) is 0 Å². The van der Waals surface area contributed by atoms with Crippen LogP contribution in [0.2, 0.25) is 0 Å². The summed E-state index contributed by atoms with van der Waals surface area (Å²) in [4.78, 5) is 11.0. The van der Waals surface area contributed by atoms with E-state index in [9.17, 15) is 0 Å². The summed E-state index contributed by atoms with van der Waals surface area (Å²) in [5.74, 6) is 1.27. The molecule has 3 heterocycles. The van der Waals surface area contributed by atoms with Gasteiger partial charge in [-0.1, -0.05) is 6.07 Å². The molecule has 1 aromatic heterocycles. The van der Waals surface area contributed by atoms with Crippen molar-refractivity contribution in [2.45, 2.75) is 25.8 Å². The molecule has 0 aromatic carbocycles. The van der Waals surface area contributed by atoms with Crippen LogP contribution in [0.5, 0.6) is 0 Å². The summed E-state index contributed by atoms with van der Waals surface area (Å²) in [5, 5.41) is 5.42. The van der Waals surface area contributed by atoms with Gasteiger partial charge in [0.15, 0.2) is 5.96 Å². The number of hydrogen-bond donors (Lipinski definition) is 2. The molecule has 0 aliphatic carbocycles.